The van der Waals surface area contributed by atoms with Gasteiger partial charge in [0.2, 0.25) is 0 Å². The predicted molar refractivity (Wildman–Crippen MR) is 113 cm³/mol. The lowest BCUT2D eigenvalue weighted by Gasteiger charge is -2.20. The smallest absolute Gasteiger partial charge is 0.313 e. The molecule has 2 N–H and O–H groups in total. The van der Waals surface area contributed by atoms with Gasteiger partial charge in [-0.1, -0.05) is 58.0 Å². The van der Waals surface area contributed by atoms with Crippen LogP contribution in [0.4, 0.5) is 5.69 Å². The van der Waals surface area contributed by atoms with Crippen molar-refractivity contribution in [2.45, 2.75) is 46.0 Å². The topological polar surface area (TPSA) is 67.4 Å². The van der Waals surface area contributed by atoms with Gasteiger partial charge in [-0.3, -0.25) is 9.59 Å². The molecule has 2 amide bonds. The molecule has 0 aromatic heterocycles. The van der Waals surface area contributed by atoms with Gasteiger partial charge in [0.15, 0.2) is 0 Å². The number of ether oxygens (including phenoxy) is 1. The molecule has 0 aliphatic carbocycles. The van der Waals surface area contributed by atoms with Crippen molar-refractivity contribution in [2.75, 3.05) is 19.0 Å². The van der Waals surface area contributed by atoms with Gasteiger partial charge in [0.25, 0.3) is 0 Å². The highest BCUT2D eigenvalue weighted by Gasteiger charge is 2.19. The lowest BCUT2D eigenvalue weighted by molar-refractivity contribution is -0.136. The van der Waals surface area contributed by atoms with Gasteiger partial charge in [-0.25, -0.2) is 0 Å². The van der Waals surface area contributed by atoms with E-state index in [0.717, 1.165) is 28.1 Å². The molecule has 0 aliphatic rings. The van der Waals surface area contributed by atoms with E-state index in [0.29, 0.717) is 13.0 Å². The number of carbonyl (C=O) groups is 2. The van der Waals surface area contributed by atoms with Gasteiger partial charge < -0.3 is 15.4 Å². The quantitative estimate of drug-likeness (QED) is 0.704. The van der Waals surface area contributed by atoms with Gasteiger partial charge in [-0.2, -0.15) is 0 Å². The second kappa shape index (κ2) is 9.93. The Morgan fingerprint density at radius 1 is 0.929 bits per heavy atom. The maximum atomic E-state index is 12.5. The van der Waals surface area contributed by atoms with E-state index in [-0.39, 0.29) is 11.8 Å². The molecular weight excluding hydrogens is 352 g/mol. The van der Waals surface area contributed by atoms with Crippen LogP contribution in [-0.2, 0) is 16.0 Å². The van der Waals surface area contributed by atoms with E-state index in [1.807, 2.05) is 42.5 Å². The van der Waals surface area contributed by atoms with E-state index in [4.69, 9.17) is 4.74 Å². The molecule has 0 bridgehead atoms. The third kappa shape index (κ3) is 5.59. The summed E-state index contributed by atoms with van der Waals surface area (Å²) < 4.78 is 5.20. The van der Waals surface area contributed by atoms with Crippen molar-refractivity contribution in [2.24, 2.45) is 0 Å². The van der Waals surface area contributed by atoms with Gasteiger partial charge in [0, 0.05) is 12.2 Å². The van der Waals surface area contributed by atoms with Crippen LogP contribution in [0.15, 0.2) is 42.5 Å². The maximum absolute atomic E-state index is 12.5. The Morgan fingerprint density at radius 3 is 2.11 bits per heavy atom. The van der Waals surface area contributed by atoms with Gasteiger partial charge in [0.05, 0.1) is 7.11 Å². The van der Waals surface area contributed by atoms with E-state index in [2.05, 4.69) is 38.3 Å². The summed E-state index contributed by atoms with van der Waals surface area (Å²) in [5.74, 6) is -0.0138. The third-order valence-electron chi connectivity index (χ3n) is 4.65. The van der Waals surface area contributed by atoms with E-state index in [1.165, 1.54) is 0 Å². The Kier molecular flexibility index (Phi) is 7.61. The van der Waals surface area contributed by atoms with E-state index in [9.17, 15) is 9.59 Å². The summed E-state index contributed by atoms with van der Waals surface area (Å²) in [5.41, 5.74) is 3.85. The molecule has 0 fully saturated rings. The third-order valence-corrected chi connectivity index (χ3v) is 4.65. The molecule has 0 aliphatic heterocycles. The molecular formula is C23H30N2O3. The van der Waals surface area contributed by atoms with E-state index in [1.54, 1.807) is 7.11 Å². The number of para-hydroxylation sites is 1. The van der Waals surface area contributed by atoms with Crippen LogP contribution in [0.1, 0.15) is 56.2 Å². The Morgan fingerprint density at radius 2 is 1.54 bits per heavy atom. The van der Waals surface area contributed by atoms with Gasteiger partial charge in [-0.15, -0.1) is 0 Å². The van der Waals surface area contributed by atoms with Crippen molar-refractivity contribution in [3.63, 3.8) is 0 Å². The fourth-order valence-corrected chi connectivity index (χ4v) is 3.09. The summed E-state index contributed by atoms with van der Waals surface area (Å²) in [6.45, 7) is 8.67. The van der Waals surface area contributed by atoms with Crippen molar-refractivity contribution >= 4 is 17.5 Å². The average molecular weight is 383 g/mol. The van der Waals surface area contributed by atoms with Crippen LogP contribution in [0.25, 0.3) is 0 Å². The van der Waals surface area contributed by atoms with Crippen LogP contribution in [0.2, 0.25) is 0 Å². The van der Waals surface area contributed by atoms with Crippen LogP contribution in [-0.4, -0.2) is 25.5 Å². The minimum Gasteiger partial charge on any atom is -0.497 e. The Labute approximate surface area is 167 Å². The van der Waals surface area contributed by atoms with Gasteiger partial charge in [0.1, 0.15) is 5.75 Å². The number of carbonyl (C=O) groups excluding carboxylic acids is 2. The molecule has 0 radical (unpaired) electrons. The summed E-state index contributed by atoms with van der Waals surface area (Å²) in [5, 5.41) is 5.53. The zero-order valence-electron chi connectivity index (χ0n) is 17.3. The van der Waals surface area contributed by atoms with Crippen LogP contribution in [0.5, 0.6) is 5.75 Å². The molecule has 0 heterocycles. The molecule has 0 saturated carbocycles. The van der Waals surface area contributed by atoms with E-state index >= 15 is 0 Å². The van der Waals surface area contributed by atoms with Crippen molar-refractivity contribution in [1.29, 1.82) is 0 Å². The Balaban J connectivity index is 2.01. The van der Waals surface area contributed by atoms with Gasteiger partial charge in [-0.05, 0) is 47.1 Å². The fourth-order valence-electron chi connectivity index (χ4n) is 3.09. The number of nitrogens with one attached hydrogen (secondary N) is 2. The number of hydrogen-bond acceptors (Lipinski definition) is 3. The predicted octanol–water partition coefficient (Wildman–Crippen LogP) is 4.24. The van der Waals surface area contributed by atoms with Crippen molar-refractivity contribution < 1.29 is 14.3 Å². The first kappa shape index (κ1) is 21.5. The molecule has 2 rings (SSSR count). The zero-order chi connectivity index (χ0) is 20.7. The first-order chi connectivity index (χ1) is 13.3. The van der Waals surface area contributed by atoms with Crippen molar-refractivity contribution in [3.8, 4) is 5.75 Å². The first-order valence-electron chi connectivity index (χ1n) is 9.68. The molecule has 150 valence electrons. The highest BCUT2D eigenvalue weighted by Crippen LogP contribution is 2.32. The minimum absolute atomic E-state index is 0.241. The summed E-state index contributed by atoms with van der Waals surface area (Å²) in [6.07, 6.45) is 0.621. The van der Waals surface area contributed by atoms with Crippen molar-refractivity contribution in [3.05, 3.63) is 59.2 Å². The van der Waals surface area contributed by atoms with Crippen LogP contribution < -0.4 is 15.4 Å². The normalized spacial score (nSPS) is 10.8. The fraction of sp³-hybridized carbons (Fsp3) is 0.391. The number of anilines is 1. The second-order valence-corrected chi connectivity index (χ2v) is 7.43. The van der Waals surface area contributed by atoms with Gasteiger partial charge >= 0.3 is 11.8 Å². The van der Waals surface area contributed by atoms with Crippen LogP contribution in [0.3, 0.4) is 0 Å². The number of rotatable bonds is 7. The summed E-state index contributed by atoms with van der Waals surface area (Å²) in [6, 6.07) is 13.6. The molecule has 5 heteroatoms. The first-order valence-corrected chi connectivity index (χ1v) is 9.68. The standard InChI is InChI=1S/C23H30N2O3/c1-15(2)19-10-7-11-20(16(3)4)21(19)25-23(27)22(26)24-13-12-17-8-6-9-18(14-17)28-5/h6-11,14-16H,12-13H2,1-5H3,(H,24,26)(H,25,27). The number of amides is 2. The molecule has 0 unspecified atom stereocenters. The SMILES string of the molecule is COc1cccc(CCNC(=O)C(=O)Nc2c(C(C)C)cccc2C(C)C)c1. The molecule has 2 aromatic carbocycles. The highest BCUT2D eigenvalue weighted by molar-refractivity contribution is 6.39. The summed E-state index contributed by atoms with van der Waals surface area (Å²) >= 11 is 0. The lowest BCUT2D eigenvalue weighted by atomic mass is 9.92. The molecule has 5 nitrogen and oxygen atoms in total. The Bertz CT molecular complexity index is 802. The number of benzene rings is 2. The van der Waals surface area contributed by atoms with Crippen LogP contribution >= 0.6 is 0 Å². The molecule has 28 heavy (non-hydrogen) atoms. The lowest BCUT2D eigenvalue weighted by Crippen LogP contribution is -2.37. The second-order valence-electron chi connectivity index (χ2n) is 7.43. The number of methoxy groups -OCH3 is 1. The molecule has 2 aromatic rings. The number of hydrogen-bond donors (Lipinski definition) is 2. The zero-order valence-corrected chi connectivity index (χ0v) is 17.3. The van der Waals surface area contributed by atoms with Crippen molar-refractivity contribution in [1.82, 2.24) is 5.32 Å². The molecule has 0 atom stereocenters. The summed E-state index contributed by atoms with van der Waals surface area (Å²) in [7, 11) is 1.62. The molecule has 0 saturated heterocycles. The Hall–Kier alpha value is -2.82. The monoisotopic (exact) mass is 382 g/mol. The molecule has 0 spiro atoms. The maximum Gasteiger partial charge on any atom is 0.313 e. The summed E-state index contributed by atoms with van der Waals surface area (Å²) in [4.78, 5) is 24.7. The average Bonchev–Trinajstić information content (AvgIpc) is 2.67. The highest BCUT2D eigenvalue weighted by atomic mass is 16.5. The van der Waals surface area contributed by atoms with E-state index < -0.39 is 11.8 Å². The minimum atomic E-state index is -0.638. The van der Waals surface area contributed by atoms with Crippen LogP contribution in [0, 0.1) is 0 Å². The largest absolute Gasteiger partial charge is 0.497 e.